The minimum Gasteiger partial charge on any atom is -0.494 e. The fourth-order valence-corrected chi connectivity index (χ4v) is 4.76. The second-order valence-electron chi connectivity index (χ2n) is 6.58. The van der Waals surface area contributed by atoms with E-state index in [1.165, 1.54) is 16.4 Å². The molecule has 0 radical (unpaired) electrons. The second kappa shape index (κ2) is 8.94. The number of piperidine rings is 1. The predicted octanol–water partition coefficient (Wildman–Crippen LogP) is 3.78. The van der Waals surface area contributed by atoms with Crippen LogP contribution >= 0.6 is 11.6 Å². The second-order valence-corrected chi connectivity index (χ2v) is 8.95. The van der Waals surface area contributed by atoms with Gasteiger partial charge in [-0.1, -0.05) is 11.6 Å². The standard InChI is InChI=1S/C20H23ClN2O4S/c1-2-27-18-7-5-17(6-8-18)22-20(24)15-11-13-23(14-12-15)28(25,26)19-9-3-16(21)4-10-19/h3-10,15H,2,11-14H2,1H3,(H,22,24). The molecular weight excluding hydrogens is 400 g/mol. The lowest BCUT2D eigenvalue weighted by molar-refractivity contribution is -0.120. The molecule has 0 spiro atoms. The van der Waals surface area contributed by atoms with E-state index in [9.17, 15) is 13.2 Å². The number of nitrogens with one attached hydrogen (secondary N) is 1. The highest BCUT2D eigenvalue weighted by Gasteiger charge is 2.32. The van der Waals surface area contributed by atoms with E-state index < -0.39 is 10.0 Å². The zero-order valence-corrected chi connectivity index (χ0v) is 17.2. The van der Waals surface area contributed by atoms with Crippen molar-refractivity contribution in [1.29, 1.82) is 0 Å². The highest BCUT2D eigenvalue weighted by atomic mass is 35.5. The van der Waals surface area contributed by atoms with Gasteiger partial charge in [0.1, 0.15) is 5.75 Å². The summed E-state index contributed by atoms with van der Waals surface area (Å²) in [5.74, 6) is 0.442. The lowest BCUT2D eigenvalue weighted by Gasteiger charge is -2.30. The number of halogens is 1. The van der Waals surface area contributed by atoms with Crippen LogP contribution in [-0.4, -0.2) is 38.3 Å². The van der Waals surface area contributed by atoms with E-state index >= 15 is 0 Å². The van der Waals surface area contributed by atoms with Gasteiger partial charge in [-0.15, -0.1) is 0 Å². The number of carbonyl (C=O) groups excluding carboxylic acids is 1. The molecule has 150 valence electrons. The molecule has 1 aliphatic heterocycles. The van der Waals surface area contributed by atoms with Gasteiger partial charge in [-0.2, -0.15) is 4.31 Å². The smallest absolute Gasteiger partial charge is 0.243 e. The first-order valence-corrected chi connectivity index (χ1v) is 11.0. The summed E-state index contributed by atoms with van der Waals surface area (Å²) < 4.78 is 32.3. The largest absolute Gasteiger partial charge is 0.494 e. The number of hydrogen-bond acceptors (Lipinski definition) is 4. The van der Waals surface area contributed by atoms with Crippen LogP contribution in [0.1, 0.15) is 19.8 Å². The van der Waals surface area contributed by atoms with E-state index in [1.807, 2.05) is 6.92 Å². The molecule has 0 atom stereocenters. The Morgan fingerprint density at radius 3 is 2.29 bits per heavy atom. The summed E-state index contributed by atoms with van der Waals surface area (Å²) in [5.41, 5.74) is 0.699. The van der Waals surface area contributed by atoms with Gasteiger partial charge >= 0.3 is 0 Å². The van der Waals surface area contributed by atoms with Crippen LogP contribution in [0.15, 0.2) is 53.4 Å². The zero-order valence-electron chi connectivity index (χ0n) is 15.6. The quantitative estimate of drug-likeness (QED) is 0.768. The zero-order chi connectivity index (χ0) is 20.1. The molecule has 0 aliphatic carbocycles. The number of rotatable bonds is 6. The van der Waals surface area contributed by atoms with Gasteiger partial charge in [0, 0.05) is 29.7 Å². The summed E-state index contributed by atoms with van der Waals surface area (Å²) in [6.45, 7) is 3.12. The third kappa shape index (κ3) is 4.84. The molecule has 1 heterocycles. The van der Waals surface area contributed by atoms with Crippen LogP contribution in [0, 0.1) is 5.92 Å². The molecule has 1 saturated heterocycles. The number of ether oxygens (including phenoxy) is 1. The van der Waals surface area contributed by atoms with Crippen molar-refractivity contribution in [3.63, 3.8) is 0 Å². The maximum Gasteiger partial charge on any atom is 0.243 e. The normalized spacial score (nSPS) is 15.9. The molecule has 3 rings (SSSR count). The van der Waals surface area contributed by atoms with Crippen molar-refractivity contribution in [1.82, 2.24) is 4.31 Å². The van der Waals surface area contributed by atoms with Crippen LogP contribution in [-0.2, 0) is 14.8 Å². The van der Waals surface area contributed by atoms with Crippen LogP contribution in [0.4, 0.5) is 5.69 Å². The fraction of sp³-hybridized carbons (Fsp3) is 0.350. The van der Waals surface area contributed by atoms with Crippen LogP contribution < -0.4 is 10.1 Å². The van der Waals surface area contributed by atoms with Crippen molar-refractivity contribution < 1.29 is 17.9 Å². The molecule has 0 saturated carbocycles. The molecule has 0 aromatic heterocycles. The SMILES string of the molecule is CCOc1ccc(NC(=O)C2CCN(S(=O)(=O)c3ccc(Cl)cc3)CC2)cc1. The molecule has 6 nitrogen and oxygen atoms in total. The van der Waals surface area contributed by atoms with Crippen LogP contribution in [0.3, 0.4) is 0 Å². The number of benzene rings is 2. The summed E-state index contributed by atoms with van der Waals surface area (Å²) >= 11 is 5.83. The summed E-state index contributed by atoms with van der Waals surface area (Å²) in [7, 11) is -3.57. The average molecular weight is 423 g/mol. The van der Waals surface area contributed by atoms with E-state index in [1.54, 1.807) is 36.4 Å². The van der Waals surface area contributed by atoms with Gasteiger partial charge in [0.2, 0.25) is 15.9 Å². The van der Waals surface area contributed by atoms with Gasteiger partial charge in [-0.05, 0) is 68.3 Å². The van der Waals surface area contributed by atoms with Crippen molar-refractivity contribution in [2.75, 3.05) is 25.0 Å². The molecule has 8 heteroatoms. The molecule has 0 bridgehead atoms. The van der Waals surface area contributed by atoms with Crippen molar-refractivity contribution in [2.45, 2.75) is 24.7 Å². The molecule has 2 aromatic carbocycles. The Kier molecular flexibility index (Phi) is 6.59. The summed E-state index contributed by atoms with van der Waals surface area (Å²) in [6, 6.07) is 13.3. The first-order chi connectivity index (χ1) is 13.4. The van der Waals surface area contributed by atoms with Crippen LogP contribution in [0.2, 0.25) is 5.02 Å². The van der Waals surface area contributed by atoms with Gasteiger partial charge < -0.3 is 10.1 Å². The molecule has 1 amide bonds. The van der Waals surface area contributed by atoms with E-state index in [4.69, 9.17) is 16.3 Å². The van der Waals surface area contributed by atoms with Crippen LogP contribution in [0.5, 0.6) is 5.75 Å². The lowest BCUT2D eigenvalue weighted by atomic mass is 9.97. The Bertz CT molecular complexity index is 906. The Morgan fingerprint density at radius 2 is 1.71 bits per heavy atom. The maximum absolute atomic E-state index is 12.7. The number of hydrogen-bond donors (Lipinski definition) is 1. The number of nitrogens with zero attached hydrogens (tertiary/aromatic N) is 1. The Balaban J connectivity index is 1.57. The van der Waals surface area contributed by atoms with Gasteiger partial charge in [-0.25, -0.2) is 8.42 Å². The molecule has 28 heavy (non-hydrogen) atoms. The maximum atomic E-state index is 12.7. The van der Waals surface area contributed by atoms with Gasteiger partial charge in [0.25, 0.3) is 0 Å². The molecule has 1 N–H and O–H groups in total. The lowest BCUT2D eigenvalue weighted by Crippen LogP contribution is -2.41. The fourth-order valence-electron chi connectivity index (χ4n) is 3.16. The summed E-state index contributed by atoms with van der Waals surface area (Å²) in [5, 5.41) is 3.38. The van der Waals surface area contributed by atoms with Gasteiger partial charge in [0.15, 0.2) is 0 Å². The van der Waals surface area contributed by atoms with Gasteiger partial charge in [-0.3, -0.25) is 4.79 Å². The average Bonchev–Trinajstić information content (AvgIpc) is 2.70. The Morgan fingerprint density at radius 1 is 1.11 bits per heavy atom. The molecular formula is C20H23ClN2O4S. The number of amides is 1. The van der Waals surface area contributed by atoms with Crippen molar-refractivity contribution in [3.8, 4) is 5.75 Å². The molecule has 1 aliphatic rings. The van der Waals surface area contributed by atoms with Crippen LogP contribution in [0.25, 0.3) is 0 Å². The summed E-state index contributed by atoms with van der Waals surface area (Å²) in [4.78, 5) is 12.7. The minimum atomic E-state index is -3.57. The van der Waals surface area contributed by atoms with Crippen molar-refractivity contribution in [2.24, 2.45) is 5.92 Å². The monoisotopic (exact) mass is 422 g/mol. The Labute approximate surface area is 170 Å². The topological polar surface area (TPSA) is 75.7 Å². The predicted molar refractivity (Wildman–Crippen MR) is 109 cm³/mol. The Hall–Kier alpha value is -2.09. The van der Waals surface area contributed by atoms with Crippen molar-refractivity contribution >= 4 is 33.2 Å². The number of carbonyl (C=O) groups is 1. The number of sulfonamides is 1. The molecule has 0 unspecified atom stereocenters. The van der Waals surface area contributed by atoms with Crippen molar-refractivity contribution in [3.05, 3.63) is 53.6 Å². The third-order valence-corrected chi connectivity index (χ3v) is 6.87. The molecule has 2 aromatic rings. The summed E-state index contributed by atoms with van der Waals surface area (Å²) in [6.07, 6.45) is 0.964. The number of anilines is 1. The minimum absolute atomic E-state index is 0.0901. The van der Waals surface area contributed by atoms with Gasteiger partial charge in [0.05, 0.1) is 11.5 Å². The van der Waals surface area contributed by atoms with E-state index in [-0.39, 0.29) is 16.7 Å². The third-order valence-electron chi connectivity index (χ3n) is 4.71. The van der Waals surface area contributed by atoms with E-state index in [2.05, 4.69) is 5.32 Å². The first-order valence-electron chi connectivity index (χ1n) is 9.19. The highest BCUT2D eigenvalue weighted by molar-refractivity contribution is 7.89. The molecule has 1 fully saturated rings. The van der Waals surface area contributed by atoms with E-state index in [0.717, 1.165) is 5.75 Å². The van der Waals surface area contributed by atoms with E-state index in [0.29, 0.717) is 43.2 Å². The highest BCUT2D eigenvalue weighted by Crippen LogP contribution is 2.26. The first kappa shape index (κ1) is 20.6.